The average Bonchev–Trinajstić information content (AvgIpc) is 2.43. The van der Waals surface area contributed by atoms with Crippen LogP contribution in [0.25, 0.3) is 11.0 Å². The van der Waals surface area contributed by atoms with E-state index in [1.807, 2.05) is 29.2 Å². The van der Waals surface area contributed by atoms with Crippen molar-refractivity contribution in [2.75, 3.05) is 30.3 Å². The number of unbranched alkanes of at least 4 members (excludes halogenated alkanes) is 1. The number of fused-ring (bicyclic) bond motifs is 1. The van der Waals surface area contributed by atoms with Gasteiger partial charge in [-0.3, -0.25) is 0 Å². The van der Waals surface area contributed by atoms with Crippen LogP contribution in [0.5, 0.6) is 0 Å². The van der Waals surface area contributed by atoms with Crippen LogP contribution in [0.3, 0.4) is 0 Å². The summed E-state index contributed by atoms with van der Waals surface area (Å²) in [4.78, 5) is 11.0. The number of aliphatic hydroxyl groups is 1. The Balaban J connectivity index is 2.37. The zero-order chi connectivity index (χ0) is 13.7. The third-order valence-corrected chi connectivity index (χ3v) is 3.03. The van der Waals surface area contributed by atoms with E-state index in [0.717, 1.165) is 30.4 Å². The van der Waals surface area contributed by atoms with Crippen LogP contribution in [0.1, 0.15) is 19.8 Å². The van der Waals surface area contributed by atoms with Gasteiger partial charge in [-0.1, -0.05) is 25.5 Å². The highest BCUT2D eigenvalue weighted by Crippen LogP contribution is 2.22. The second-order valence-electron chi connectivity index (χ2n) is 4.49. The van der Waals surface area contributed by atoms with Crippen molar-refractivity contribution in [3.63, 3.8) is 0 Å². The molecule has 0 unspecified atom stereocenters. The van der Waals surface area contributed by atoms with Gasteiger partial charge in [0.2, 0.25) is 0 Å². The normalized spacial score (nSPS) is 10.8. The van der Waals surface area contributed by atoms with Crippen molar-refractivity contribution in [3.05, 3.63) is 24.3 Å². The van der Waals surface area contributed by atoms with Gasteiger partial charge >= 0.3 is 0 Å². The molecule has 0 aliphatic carbocycles. The molecule has 0 fully saturated rings. The fraction of sp³-hybridized carbons (Fsp3) is 0.429. The minimum atomic E-state index is 0.0810. The van der Waals surface area contributed by atoms with E-state index in [2.05, 4.69) is 16.9 Å². The van der Waals surface area contributed by atoms with Gasteiger partial charge in [-0.15, -0.1) is 0 Å². The number of nitrogens with two attached hydrogens (primary N) is 1. The van der Waals surface area contributed by atoms with Crippen LogP contribution in [0.4, 0.5) is 11.6 Å². The van der Waals surface area contributed by atoms with Gasteiger partial charge in [-0.25, -0.2) is 9.97 Å². The number of benzene rings is 1. The maximum absolute atomic E-state index is 9.17. The molecule has 1 aromatic carbocycles. The van der Waals surface area contributed by atoms with E-state index in [0.29, 0.717) is 18.2 Å². The van der Waals surface area contributed by atoms with E-state index >= 15 is 0 Å². The number of nitrogen functional groups attached to an aromatic ring is 1. The average molecular weight is 260 g/mol. The van der Waals surface area contributed by atoms with Gasteiger partial charge in [0.1, 0.15) is 0 Å². The lowest BCUT2D eigenvalue weighted by Crippen LogP contribution is -2.29. The van der Waals surface area contributed by atoms with E-state index in [1.54, 1.807) is 0 Å². The number of para-hydroxylation sites is 2. The van der Waals surface area contributed by atoms with Crippen LogP contribution in [-0.4, -0.2) is 34.8 Å². The van der Waals surface area contributed by atoms with Gasteiger partial charge in [0.05, 0.1) is 17.6 Å². The predicted molar refractivity (Wildman–Crippen MR) is 78.2 cm³/mol. The minimum Gasteiger partial charge on any atom is -0.395 e. The van der Waals surface area contributed by atoms with Crippen molar-refractivity contribution in [1.82, 2.24) is 9.97 Å². The van der Waals surface area contributed by atoms with Crippen LogP contribution >= 0.6 is 0 Å². The Bertz CT molecular complexity index is 544. The lowest BCUT2D eigenvalue weighted by Gasteiger charge is -2.23. The van der Waals surface area contributed by atoms with Crippen molar-refractivity contribution >= 4 is 22.7 Å². The van der Waals surface area contributed by atoms with Crippen molar-refractivity contribution in [3.8, 4) is 0 Å². The molecule has 19 heavy (non-hydrogen) atoms. The van der Waals surface area contributed by atoms with Crippen LogP contribution in [-0.2, 0) is 0 Å². The molecule has 0 saturated carbocycles. The Labute approximate surface area is 113 Å². The van der Waals surface area contributed by atoms with Crippen LogP contribution in [0, 0.1) is 0 Å². The van der Waals surface area contributed by atoms with Crippen molar-refractivity contribution < 1.29 is 5.11 Å². The summed E-state index contributed by atoms with van der Waals surface area (Å²) in [6.07, 6.45) is 2.12. The topological polar surface area (TPSA) is 75.3 Å². The van der Waals surface area contributed by atoms with Gasteiger partial charge in [0.15, 0.2) is 11.6 Å². The van der Waals surface area contributed by atoms with Crippen LogP contribution in [0.2, 0.25) is 0 Å². The molecule has 0 amide bonds. The smallest absolute Gasteiger partial charge is 0.172 e. The number of hydrogen-bond donors (Lipinski definition) is 2. The Morgan fingerprint density at radius 3 is 2.47 bits per heavy atom. The van der Waals surface area contributed by atoms with Crippen LogP contribution in [0.15, 0.2) is 24.3 Å². The molecule has 1 aromatic heterocycles. The Morgan fingerprint density at radius 1 is 1.16 bits per heavy atom. The van der Waals surface area contributed by atoms with Gasteiger partial charge in [-0.2, -0.15) is 0 Å². The highest BCUT2D eigenvalue weighted by atomic mass is 16.3. The zero-order valence-corrected chi connectivity index (χ0v) is 11.2. The molecule has 0 atom stereocenters. The Morgan fingerprint density at radius 2 is 1.84 bits per heavy atom. The summed E-state index contributed by atoms with van der Waals surface area (Å²) in [6, 6.07) is 7.66. The quantitative estimate of drug-likeness (QED) is 0.828. The summed E-state index contributed by atoms with van der Waals surface area (Å²) in [5, 5.41) is 9.17. The van der Waals surface area contributed by atoms with Gasteiger partial charge in [-0.05, 0) is 18.6 Å². The van der Waals surface area contributed by atoms with Crippen LogP contribution < -0.4 is 10.6 Å². The minimum absolute atomic E-state index is 0.0810. The van der Waals surface area contributed by atoms with Gasteiger partial charge in [0, 0.05) is 13.1 Å². The molecule has 3 N–H and O–H groups in total. The molecule has 2 aromatic rings. The summed E-state index contributed by atoms with van der Waals surface area (Å²) in [6.45, 7) is 3.57. The third-order valence-electron chi connectivity index (χ3n) is 3.03. The van der Waals surface area contributed by atoms with E-state index in [4.69, 9.17) is 5.73 Å². The fourth-order valence-electron chi connectivity index (χ4n) is 2.03. The molecule has 0 bridgehead atoms. The zero-order valence-electron chi connectivity index (χ0n) is 11.2. The lowest BCUT2D eigenvalue weighted by molar-refractivity contribution is 0.301. The van der Waals surface area contributed by atoms with E-state index in [-0.39, 0.29) is 6.61 Å². The Hall–Kier alpha value is -1.88. The Kier molecular flexibility index (Phi) is 4.52. The highest BCUT2D eigenvalue weighted by molar-refractivity contribution is 5.79. The lowest BCUT2D eigenvalue weighted by atomic mass is 10.3. The molecule has 0 spiro atoms. The largest absolute Gasteiger partial charge is 0.395 e. The molecular formula is C14H20N4O. The SMILES string of the molecule is CCCCN(CCO)c1nc2ccccc2nc1N. The number of anilines is 2. The number of hydrogen-bond acceptors (Lipinski definition) is 5. The van der Waals surface area contributed by atoms with Crippen molar-refractivity contribution in [1.29, 1.82) is 0 Å². The summed E-state index contributed by atoms with van der Waals surface area (Å²) >= 11 is 0. The third kappa shape index (κ3) is 3.12. The second kappa shape index (κ2) is 6.33. The molecule has 0 aliphatic heterocycles. The van der Waals surface area contributed by atoms with Gasteiger partial charge in [0.25, 0.3) is 0 Å². The number of rotatable bonds is 6. The summed E-state index contributed by atoms with van der Waals surface area (Å²) in [5.74, 6) is 1.09. The van der Waals surface area contributed by atoms with Crippen molar-refractivity contribution in [2.45, 2.75) is 19.8 Å². The van der Waals surface area contributed by atoms with E-state index < -0.39 is 0 Å². The predicted octanol–water partition coefficient (Wildman–Crippen LogP) is 1.81. The molecule has 0 saturated heterocycles. The molecule has 0 aliphatic rings. The summed E-state index contributed by atoms with van der Waals surface area (Å²) in [7, 11) is 0. The molecule has 102 valence electrons. The molecule has 2 rings (SSSR count). The highest BCUT2D eigenvalue weighted by Gasteiger charge is 2.13. The summed E-state index contributed by atoms with van der Waals surface area (Å²) in [5.41, 5.74) is 7.61. The molecular weight excluding hydrogens is 240 g/mol. The first-order chi connectivity index (χ1) is 9.26. The van der Waals surface area contributed by atoms with Gasteiger partial charge < -0.3 is 15.7 Å². The maximum Gasteiger partial charge on any atom is 0.172 e. The summed E-state index contributed by atoms with van der Waals surface area (Å²) < 4.78 is 0. The molecule has 5 nitrogen and oxygen atoms in total. The molecule has 1 heterocycles. The monoisotopic (exact) mass is 260 g/mol. The van der Waals surface area contributed by atoms with E-state index in [1.165, 1.54) is 0 Å². The van der Waals surface area contributed by atoms with E-state index in [9.17, 15) is 5.11 Å². The molecule has 0 radical (unpaired) electrons. The first kappa shape index (κ1) is 13.5. The standard InChI is InChI=1S/C14H20N4O/c1-2-3-8-18(9-10-19)14-13(15)16-11-6-4-5-7-12(11)17-14/h4-7,19H,2-3,8-10H2,1H3,(H2,15,16). The van der Waals surface area contributed by atoms with Crippen molar-refractivity contribution in [2.24, 2.45) is 0 Å². The first-order valence-electron chi connectivity index (χ1n) is 6.64. The number of nitrogens with zero attached hydrogens (tertiary/aromatic N) is 3. The second-order valence-corrected chi connectivity index (χ2v) is 4.49. The fourth-order valence-corrected chi connectivity index (χ4v) is 2.03. The maximum atomic E-state index is 9.17. The molecule has 5 heteroatoms. The first-order valence-corrected chi connectivity index (χ1v) is 6.64. The number of aromatic nitrogens is 2. The number of aliphatic hydroxyl groups excluding tert-OH is 1.